The van der Waals surface area contributed by atoms with E-state index in [1.54, 1.807) is 41.5 Å². The Morgan fingerprint density at radius 1 is 1.00 bits per heavy atom. The Morgan fingerprint density at radius 3 is 1.93 bits per heavy atom. The Morgan fingerprint density at radius 2 is 1.56 bits per heavy atom. The van der Waals surface area contributed by atoms with Gasteiger partial charge in [-0.25, -0.2) is 14.6 Å². The minimum absolute atomic E-state index is 0.0285. The topological polar surface area (TPSA) is 102 Å². The molecule has 0 unspecified atom stereocenters. The fraction of sp³-hybridized carbons (Fsp3) is 0.684. The SMILES string of the molecule is CC(C)(C)OC(=O)N(C(=O)OC(C)(C)C)c1cnc([C@@H]2CC[C@@H](O)C2)cn1. The van der Waals surface area contributed by atoms with Gasteiger partial charge in [0.2, 0.25) is 0 Å². The van der Waals surface area contributed by atoms with E-state index in [0.29, 0.717) is 6.42 Å². The summed E-state index contributed by atoms with van der Waals surface area (Å²) >= 11 is 0. The van der Waals surface area contributed by atoms with E-state index in [4.69, 9.17) is 9.47 Å². The van der Waals surface area contributed by atoms with Crippen LogP contribution >= 0.6 is 0 Å². The molecule has 0 aliphatic heterocycles. The van der Waals surface area contributed by atoms with Crippen LogP contribution in [0, 0.1) is 0 Å². The van der Waals surface area contributed by atoms with Crippen LogP contribution in [0.4, 0.5) is 15.4 Å². The highest BCUT2D eigenvalue weighted by molar-refractivity contribution is 6.08. The number of anilines is 1. The van der Waals surface area contributed by atoms with Gasteiger partial charge < -0.3 is 14.6 Å². The third-order valence-electron chi connectivity index (χ3n) is 3.86. The van der Waals surface area contributed by atoms with Crippen LogP contribution in [0.25, 0.3) is 0 Å². The van der Waals surface area contributed by atoms with Crippen molar-refractivity contribution in [2.45, 2.75) is 84.0 Å². The highest BCUT2D eigenvalue weighted by Gasteiger charge is 2.34. The molecule has 2 amide bonds. The van der Waals surface area contributed by atoms with Crippen LogP contribution in [0.5, 0.6) is 0 Å². The van der Waals surface area contributed by atoms with Crippen molar-refractivity contribution < 1.29 is 24.2 Å². The number of rotatable bonds is 2. The zero-order chi connectivity index (χ0) is 20.4. The number of hydrogen-bond donors (Lipinski definition) is 1. The van der Waals surface area contributed by atoms with E-state index in [9.17, 15) is 14.7 Å². The average Bonchev–Trinajstić information content (AvgIpc) is 2.91. The van der Waals surface area contributed by atoms with Crippen molar-refractivity contribution in [2.24, 2.45) is 0 Å². The van der Waals surface area contributed by atoms with Crippen LogP contribution in [0.1, 0.15) is 72.4 Å². The molecule has 1 N–H and O–H groups in total. The predicted molar refractivity (Wildman–Crippen MR) is 99.6 cm³/mol. The van der Waals surface area contributed by atoms with Crippen molar-refractivity contribution in [3.8, 4) is 0 Å². The third-order valence-corrected chi connectivity index (χ3v) is 3.86. The van der Waals surface area contributed by atoms with Crippen LogP contribution in [0.3, 0.4) is 0 Å². The highest BCUT2D eigenvalue weighted by Crippen LogP contribution is 2.33. The van der Waals surface area contributed by atoms with E-state index in [1.807, 2.05) is 0 Å². The standard InChI is InChI=1S/C19H29N3O5/c1-18(2,3)26-16(24)22(17(25)27-19(4,5)6)15-11-20-14(10-21-15)12-7-8-13(23)9-12/h10-13,23H,7-9H2,1-6H3/t12-,13-/m1/s1. The summed E-state index contributed by atoms with van der Waals surface area (Å²) in [6, 6.07) is 0. The molecule has 0 saturated heterocycles. The van der Waals surface area contributed by atoms with Crippen molar-refractivity contribution in [3.63, 3.8) is 0 Å². The first-order chi connectivity index (χ1) is 12.4. The fourth-order valence-corrected chi connectivity index (χ4v) is 2.76. The van der Waals surface area contributed by atoms with Gasteiger partial charge in [-0.2, -0.15) is 4.90 Å². The number of hydrogen-bond acceptors (Lipinski definition) is 7. The molecule has 8 nitrogen and oxygen atoms in total. The molecule has 1 aromatic rings. The van der Waals surface area contributed by atoms with E-state index >= 15 is 0 Å². The molecule has 1 fully saturated rings. The molecule has 27 heavy (non-hydrogen) atoms. The van der Waals surface area contributed by atoms with Crippen LogP contribution in [0.2, 0.25) is 0 Å². The van der Waals surface area contributed by atoms with Gasteiger partial charge in [-0.3, -0.25) is 4.98 Å². The van der Waals surface area contributed by atoms with Gasteiger partial charge in [0.1, 0.15) is 11.2 Å². The molecule has 0 bridgehead atoms. The van der Waals surface area contributed by atoms with Crippen molar-refractivity contribution >= 4 is 18.0 Å². The van der Waals surface area contributed by atoms with Gasteiger partial charge in [0, 0.05) is 5.92 Å². The number of carbonyl (C=O) groups excluding carboxylic acids is 2. The molecule has 0 aromatic carbocycles. The highest BCUT2D eigenvalue weighted by atomic mass is 16.6. The zero-order valence-electron chi connectivity index (χ0n) is 16.9. The van der Waals surface area contributed by atoms with E-state index in [2.05, 4.69) is 9.97 Å². The molecule has 150 valence electrons. The lowest BCUT2D eigenvalue weighted by atomic mass is 10.0. The van der Waals surface area contributed by atoms with Crippen LogP contribution in [-0.4, -0.2) is 44.6 Å². The Balaban J connectivity index is 2.26. The summed E-state index contributed by atoms with van der Waals surface area (Å²) in [7, 11) is 0. The number of amides is 2. The summed E-state index contributed by atoms with van der Waals surface area (Å²) in [4.78, 5) is 34.5. The number of carbonyl (C=O) groups is 2. The number of ether oxygens (including phenoxy) is 2. The summed E-state index contributed by atoms with van der Waals surface area (Å²) in [5, 5.41) is 9.69. The first-order valence-corrected chi connectivity index (χ1v) is 9.12. The summed E-state index contributed by atoms with van der Waals surface area (Å²) in [5.41, 5.74) is -0.848. The molecule has 1 heterocycles. The van der Waals surface area contributed by atoms with Crippen LogP contribution in [-0.2, 0) is 9.47 Å². The normalized spacial score (nSPS) is 20.3. The van der Waals surface area contributed by atoms with Crippen molar-refractivity contribution in [2.75, 3.05) is 4.90 Å². The molecule has 2 rings (SSSR count). The van der Waals surface area contributed by atoms with Gasteiger partial charge in [-0.15, -0.1) is 0 Å². The fourth-order valence-electron chi connectivity index (χ4n) is 2.76. The lowest BCUT2D eigenvalue weighted by molar-refractivity contribution is 0.0429. The van der Waals surface area contributed by atoms with Crippen molar-refractivity contribution in [1.82, 2.24) is 9.97 Å². The van der Waals surface area contributed by atoms with E-state index in [-0.39, 0.29) is 17.8 Å². The maximum atomic E-state index is 12.6. The second kappa shape index (κ2) is 7.80. The van der Waals surface area contributed by atoms with Crippen LogP contribution < -0.4 is 4.90 Å². The first kappa shape index (κ1) is 21.1. The van der Waals surface area contributed by atoms with Gasteiger partial charge in [-0.05, 0) is 60.8 Å². The quantitative estimate of drug-likeness (QED) is 0.834. The maximum Gasteiger partial charge on any atom is 0.425 e. The van der Waals surface area contributed by atoms with Gasteiger partial charge in [0.15, 0.2) is 5.82 Å². The summed E-state index contributed by atoms with van der Waals surface area (Å²) < 4.78 is 10.6. The minimum Gasteiger partial charge on any atom is -0.443 e. The lowest BCUT2D eigenvalue weighted by Crippen LogP contribution is -2.44. The van der Waals surface area contributed by atoms with Gasteiger partial charge in [0.05, 0.1) is 24.2 Å². The molecular weight excluding hydrogens is 350 g/mol. The molecule has 0 radical (unpaired) electrons. The molecule has 1 aromatic heterocycles. The molecule has 1 saturated carbocycles. The predicted octanol–water partition coefficient (Wildman–Crippen LogP) is 3.78. The second-order valence-corrected chi connectivity index (χ2v) is 8.76. The van der Waals surface area contributed by atoms with Crippen molar-refractivity contribution in [1.29, 1.82) is 0 Å². The van der Waals surface area contributed by atoms with E-state index < -0.39 is 23.4 Å². The van der Waals surface area contributed by atoms with Gasteiger partial charge in [0.25, 0.3) is 0 Å². The largest absolute Gasteiger partial charge is 0.443 e. The summed E-state index contributed by atoms with van der Waals surface area (Å²) in [6.45, 7) is 10.2. The van der Waals surface area contributed by atoms with Crippen LogP contribution in [0.15, 0.2) is 12.4 Å². The summed E-state index contributed by atoms with van der Waals surface area (Å²) in [5.74, 6) is 0.152. The Kier molecular flexibility index (Phi) is 6.09. The lowest BCUT2D eigenvalue weighted by Gasteiger charge is -2.28. The number of aromatic nitrogens is 2. The number of aliphatic hydroxyl groups excluding tert-OH is 1. The summed E-state index contributed by atoms with van der Waals surface area (Å²) in [6.07, 6.45) is 3.00. The van der Waals surface area contributed by atoms with Crippen molar-refractivity contribution in [3.05, 3.63) is 18.1 Å². The maximum absolute atomic E-state index is 12.6. The number of nitrogens with zero attached hydrogens (tertiary/aromatic N) is 3. The molecule has 1 aliphatic rings. The molecular formula is C19H29N3O5. The Bertz CT molecular complexity index is 648. The third kappa shape index (κ3) is 6.16. The van der Waals surface area contributed by atoms with Gasteiger partial charge in [-0.1, -0.05) is 0 Å². The number of aliphatic hydroxyl groups is 1. The van der Waals surface area contributed by atoms with E-state index in [1.165, 1.54) is 12.4 Å². The van der Waals surface area contributed by atoms with Gasteiger partial charge >= 0.3 is 12.2 Å². The first-order valence-electron chi connectivity index (χ1n) is 9.12. The smallest absolute Gasteiger partial charge is 0.425 e. The molecule has 8 heteroatoms. The average molecular weight is 379 g/mol. The monoisotopic (exact) mass is 379 g/mol. The molecule has 2 atom stereocenters. The second-order valence-electron chi connectivity index (χ2n) is 8.76. The molecule has 0 spiro atoms. The molecule has 1 aliphatic carbocycles. The minimum atomic E-state index is -0.880. The number of imide groups is 1. The Hall–Kier alpha value is -2.22. The Labute approximate surface area is 159 Å². The van der Waals surface area contributed by atoms with E-state index in [0.717, 1.165) is 23.4 Å². The zero-order valence-corrected chi connectivity index (χ0v) is 16.9.